The monoisotopic (exact) mass is 485 g/mol. The van der Waals surface area contributed by atoms with E-state index in [0.29, 0.717) is 18.1 Å². The van der Waals surface area contributed by atoms with E-state index in [9.17, 15) is 8.42 Å². The smallest absolute Gasteiger partial charge is 0.191 e. The minimum absolute atomic E-state index is 0. The van der Waals surface area contributed by atoms with Gasteiger partial charge in [-0.3, -0.25) is 4.99 Å². The topological polar surface area (TPSA) is 70.6 Å². The van der Waals surface area contributed by atoms with Crippen LogP contribution in [0.25, 0.3) is 0 Å². The highest BCUT2D eigenvalue weighted by molar-refractivity contribution is 14.0. The van der Waals surface area contributed by atoms with Crippen LogP contribution in [0.2, 0.25) is 0 Å². The Morgan fingerprint density at radius 3 is 2.32 bits per heavy atom. The zero-order valence-electron chi connectivity index (χ0n) is 15.8. The number of sulfone groups is 1. The average Bonchev–Trinajstić information content (AvgIpc) is 2.90. The van der Waals surface area contributed by atoms with Crippen LogP contribution in [0.1, 0.15) is 65.2 Å². The Bertz CT molecular complexity index is 502. The van der Waals surface area contributed by atoms with Crippen molar-refractivity contribution in [1.29, 1.82) is 0 Å². The highest BCUT2D eigenvalue weighted by Gasteiger charge is 2.28. The van der Waals surface area contributed by atoms with Crippen molar-refractivity contribution in [2.45, 2.75) is 71.3 Å². The molecule has 0 aromatic carbocycles. The second-order valence-electron chi connectivity index (χ2n) is 7.49. The molecule has 1 saturated heterocycles. The van der Waals surface area contributed by atoms with Crippen LogP contribution < -0.4 is 10.6 Å². The molecule has 2 fully saturated rings. The van der Waals surface area contributed by atoms with E-state index in [1.807, 2.05) is 6.92 Å². The molecule has 1 heterocycles. The van der Waals surface area contributed by atoms with E-state index >= 15 is 0 Å². The quantitative estimate of drug-likeness (QED) is 0.330. The third-order valence-electron chi connectivity index (χ3n) is 5.36. The molecule has 2 aliphatic rings. The van der Waals surface area contributed by atoms with Gasteiger partial charge >= 0.3 is 0 Å². The summed E-state index contributed by atoms with van der Waals surface area (Å²) in [5.41, 5.74) is 0. The first-order valence-electron chi connectivity index (χ1n) is 9.77. The molecular formula is C18H36IN3O2S. The first kappa shape index (κ1) is 23.0. The van der Waals surface area contributed by atoms with Gasteiger partial charge in [0.25, 0.3) is 0 Å². The van der Waals surface area contributed by atoms with E-state index in [4.69, 9.17) is 4.99 Å². The van der Waals surface area contributed by atoms with Crippen LogP contribution >= 0.6 is 24.0 Å². The number of aliphatic imine (C=N–C) groups is 1. The van der Waals surface area contributed by atoms with Gasteiger partial charge < -0.3 is 10.6 Å². The SMILES string of the molecule is CCCCC1CCC(CN=C(NCC)NC2CCS(=O)(=O)C2)CC1.I. The van der Waals surface area contributed by atoms with E-state index in [0.717, 1.165) is 25.0 Å². The van der Waals surface area contributed by atoms with Gasteiger partial charge in [-0.2, -0.15) is 0 Å². The zero-order chi connectivity index (χ0) is 17.4. The van der Waals surface area contributed by atoms with E-state index in [2.05, 4.69) is 17.6 Å². The van der Waals surface area contributed by atoms with Crippen molar-refractivity contribution in [3.63, 3.8) is 0 Å². The Morgan fingerprint density at radius 1 is 1.08 bits per heavy atom. The second kappa shape index (κ2) is 11.6. The van der Waals surface area contributed by atoms with Crippen LogP contribution in [0.5, 0.6) is 0 Å². The number of nitrogens with one attached hydrogen (secondary N) is 2. The Labute approximate surface area is 171 Å². The first-order chi connectivity index (χ1) is 11.5. The molecule has 0 aromatic rings. The second-order valence-corrected chi connectivity index (χ2v) is 9.72. The maximum absolute atomic E-state index is 11.6. The summed E-state index contributed by atoms with van der Waals surface area (Å²) >= 11 is 0. The lowest BCUT2D eigenvalue weighted by atomic mass is 9.80. The Morgan fingerprint density at radius 2 is 1.76 bits per heavy atom. The fourth-order valence-corrected chi connectivity index (χ4v) is 5.51. The molecule has 25 heavy (non-hydrogen) atoms. The summed E-state index contributed by atoms with van der Waals surface area (Å²) in [7, 11) is -2.85. The standard InChI is InChI=1S/C18H35N3O2S.HI/c1-3-5-6-15-7-9-16(10-8-15)13-20-18(19-4-2)21-17-11-12-24(22,23)14-17;/h15-17H,3-14H2,1-2H3,(H2,19,20,21);1H. The Kier molecular flexibility index (Phi) is 10.7. The Hall–Kier alpha value is -0.0500. The maximum atomic E-state index is 11.6. The summed E-state index contributed by atoms with van der Waals surface area (Å²) in [4.78, 5) is 4.74. The van der Waals surface area contributed by atoms with Crippen LogP contribution in [-0.2, 0) is 9.84 Å². The number of rotatable bonds is 7. The van der Waals surface area contributed by atoms with Crippen molar-refractivity contribution in [3.8, 4) is 0 Å². The number of guanidine groups is 1. The van der Waals surface area contributed by atoms with Crippen molar-refractivity contribution < 1.29 is 8.42 Å². The van der Waals surface area contributed by atoms with Gasteiger partial charge in [-0.05, 0) is 38.0 Å². The number of hydrogen-bond donors (Lipinski definition) is 2. The molecule has 1 aliphatic heterocycles. The van der Waals surface area contributed by atoms with Crippen molar-refractivity contribution in [2.24, 2.45) is 16.8 Å². The van der Waals surface area contributed by atoms with Gasteiger partial charge in [0.15, 0.2) is 15.8 Å². The summed E-state index contributed by atoms with van der Waals surface area (Å²) in [6.07, 6.45) is 10.0. The third-order valence-corrected chi connectivity index (χ3v) is 7.13. The summed E-state index contributed by atoms with van der Waals surface area (Å²) in [6.45, 7) is 5.97. The minimum Gasteiger partial charge on any atom is -0.357 e. The van der Waals surface area contributed by atoms with Gasteiger partial charge in [0.2, 0.25) is 0 Å². The molecule has 2 rings (SSSR count). The fourth-order valence-electron chi connectivity index (χ4n) is 3.84. The summed E-state index contributed by atoms with van der Waals surface area (Å²) in [5, 5.41) is 6.57. The highest BCUT2D eigenvalue weighted by Crippen LogP contribution is 2.31. The molecule has 0 aromatic heterocycles. The van der Waals surface area contributed by atoms with Crippen LogP contribution in [0.3, 0.4) is 0 Å². The molecule has 0 radical (unpaired) electrons. The summed E-state index contributed by atoms with van der Waals surface area (Å²) < 4.78 is 23.2. The molecule has 1 unspecified atom stereocenters. The maximum Gasteiger partial charge on any atom is 0.191 e. The van der Waals surface area contributed by atoms with E-state index in [1.54, 1.807) is 0 Å². The fraction of sp³-hybridized carbons (Fsp3) is 0.944. The number of unbranched alkanes of at least 4 members (excludes halogenated alkanes) is 1. The Balaban J connectivity index is 0.00000312. The largest absolute Gasteiger partial charge is 0.357 e. The average molecular weight is 485 g/mol. The molecule has 0 amide bonds. The van der Waals surface area contributed by atoms with Crippen LogP contribution in [-0.4, -0.2) is 45.0 Å². The molecule has 1 saturated carbocycles. The van der Waals surface area contributed by atoms with Gasteiger partial charge in [0.1, 0.15) is 0 Å². The van der Waals surface area contributed by atoms with E-state index < -0.39 is 9.84 Å². The first-order valence-corrected chi connectivity index (χ1v) is 11.6. The number of halogens is 1. The molecular weight excluding hydrogens is 449 g/mol. The predicted octanol–water partition coefficient (Wildman–Crippen LogP) is 3.34. The van der Waals surface area contributed by atoms with Crippen LogP contribution in [0.4, 0.5) is 0 Å². The lowest BCUT2D eigenvalue weighted by Gasteiger charge is -2.27. The van der Waals surface area contributed by atoms with Crippen molar-refractivity contribution in [2.75, 3.05) is 24.6 Å². The molecule has 5 nitrogen and oxygen atoms in total. The number of nitrogens with zero attached hydrogens (tertiary/aromatic N) is 1. The molecule has 0 spiro atoms. The minimum atomic E-state index is -2.85. The number of hydrogen-bond acceptors (Lipinski definition) is 3. The summed E-state index contributed by atoms with van der Waals surface area (Å²) in [5.74, 6) is 2.93. The summed E-state index contributed by atoms with van der Waals surface area (Å²) in [6, 6.07) is 0.0116. The lowest BCUT2D eigenvalue weighted by molar-refractivity contribution is 0.264. The van der Waals surface area contributed by atoms with E-state index in [-0.39, 0.29) is 35.8 Å². The van der Waals surface area contributed by atoms with E-state index in [1.165, 1.54) is 44.9 Å². The van der Waals surface area contributed by atoms with Gasteiger partial charge in [0.05, 0.1) is 11.5 Å². The molecule has 2 N–H and O–H groups in total. The normalized spacial score (nSPS) is 29.0. The van der Waals surface area contributed by atoms with Crippen molar-refractivity contribution in [3.05, 3.63) is 0 Å². The van der Waals surface area contributed by atoms with Gasteiger partial charge in [-0.1, -0.05) is 39.0 Å². The highest BCUT2D eigenvalue weighted by atomic mass is 127. The van der Waals surface area contributed by atoms with Gasteiger partial charge in [0, 0.05) is 19.1 Å². The van der Waals surface area contributed by atoms with Gasteiger partial charge in [-0.15, -0.1) is 24.0 Å². The molecule has 1 aliphatic carbocycles. The zero-order valence-corrected chi connectivity index (χ0v) is 18.9. The van der Waals surface area contributed by atoms with Gasteiger partial charge in [-0.25, -0.2) is 8.42 Å². The van der Waals surface area contributed by atoms with Crippen LogP contribution in [0.15, 0.2) is 4.99 Å². The molecule has 7 heteroatoms. The molecule has 0 bridgehead atoms. The lowest BCUT2D eigenvalue weighted by Crippen LogP contribution is -2.44. The van der Waals surface area contributed by atoms with Crippen molar-refractivity contribution >= 4 is 39.8 Å². The third kappa shape index (κ3) is 8.45. The molecule has 148 valence electrons. The van der Waals surface area contributed by atoms with Crippen molar-refractivity contribution in [1.82, 2.24) is 10.6 Å². The molecule has 1 atom stereocenters. The predicted molar refractivity (Wildman–Crippen MR) is 117 cm³/mol. The van der Waals surface area contributed by atoms with Crippen LogP contribution in [0, 0.1) is 11.8 Å².